The normalized spacial score (nSPS) is 10.8. The highest BCUT2D eigenvalue weighted by Gasteiger charge is 2.31. The van der Waals surface area contributed by atoms with Gasteiger partial charge in [-0.2, -0.15) is 0 Å². The van der Waals surface area contributed by atoms with Crippen LogP contribution >= 0.6 is 16.1 Å². The minimum Gasteiger partial charge on any atom is -0.496 e. The minimum absolute atomic E-state index is 0.332. The van der Waals surface area contributed by atoms with Gasteiger partial charge in [0.15, 0.2) is 0 Å². The van der Waals surface area contributed by atoms with Crippen LogP contribution in [0.3, 0.4) is 0 Å². The second-order valence-corrected chi connectivity index (χ2v) is 17.9. The standard InChI is InChI=1S/C52H44N4O4P2/c1-59-45-35-33-43(51(57)53-37-21-9-3-10-22-37)49(55-61(39-25-13-5-14-26-39)40-27-15-6-16-28-40)47(45)48-46(60-2)36-34-44(52(58)54-38-23-11-4-12-24-38)50(48)56-62(41-29-17-7-18-30-41)42-31-19-8-20-32-42/h3-36,55-56H,1-2H3,(H,53,57)(H,54,58). The molecule has 8 nitrogen and oxygen atoms in total. The summed E-state index contributed by atoms with van der Waals surface area (Å²) in [7, 11) is 0.535. The van der Waals surface area contributed by atoms with Gasteiger partial charge in [-0.1, -0.05) is 158 Å². The van der Waals surface area contributed by atoms with Gasteiger partial charge in [0.2, 0.25) is 0 Å². The molecule has 0 aliphatic rings. The fraction of sp³-hybridized carbons (Fsp3) is 0.0385. The number of carbonyl (C=O) groups is 2. The molecule has 0 unspecified atom stereocenters. The quantitative estimate of drug-likeness (QED) is 0.0767. The van der Waals surface area contributed by atoms with E-state index in [9.17, 15) is 9.59 Å². The zero-order chi connectivity index (χ0) is 42.7. The van der Waals surface area contributed by atoms with E-state index in [-0.39, 0.29) is 11.8 Å². The Bertz CT molecular complexity index is 2480. The Morgan fingerprint density at radius 3 is 0.919 bits per heavy atom. The topological polar surface area (TPSA) is 101 Å². The van der Waals surface area contributed by atoms with Gasteiger partial charge in [0.05, 0.1) is 64.0 Å². The molecule has 0 atom stereocenters. The van der Waals surface area contributed by atoms with Crippen LogP contribution in [0.25, 0.3) is 11.1 Å². The van der Waals surface area contributed by atoms with Gasteiger partial charge in [-0.25, -0.2) is 0 Å². The molecule has 0 saturated carbocycles. The van der Waals surface area contributed by atoms with Crippen molar-refractivity contribution in [1.82, 2.24) is 0 Å². The average Bonchev–Trinajstić information content (AvgIpc) is 3.33. The second-order valence-electron chi connectivity index (χ2n) is 14.0. The molecule has 4 N–H and O–H groups in total. The van der Waals surface area contributed by atoms with Crippen LogP contribution in [0.4, 0.5) is 22.7 Å². The summed E-state index contributed by atoms with van der Waals surface area (Å²) in [6.45, 7) is 0. The van der Waals surface area contributed by atoms with E-state index in [1.165, 1.54) is 0 Å². The zero-order valence-corrected chi connectivity index (χ0v) is 35.9. The first-order valence-corrected chi connectivity index (χ1v) is 22.7. The van der Waals surface area contributed by atoms with Gasteiger partial charge in [0.1, 0.15) is 11.5 Å². The summed E-state index contributed by atoms with van der Waals surface area (Å²) < 4.78 is 12.5. The van der Waals surface area contributed by atoms with Crippen molar-refractivity contribution in [3.05, 3.63) is 217 Å². The molecule has 0 saturated heterocycles. The van der Waals surface area contributed by atoms with E-state index in [0.29, 0.717) is 56.5 Å². The third-order valence-corrected chi connectivity index (χ3v) is 14.2. The highest BCUT2D eigenvalue weighted by atomic mass is 31.1. The number of para-hydroxylation sites is 2. The van der Waals surface area contributed by atoms with Crippen LogP contribution < -0.4 is 51.5 Å². The first-order valence-electron chi connectivity index (χ1n) is 20.0. The average molecular weight is 851 g/mol. The Morgan fingerprint density at radius 2 is 0.645 bits per heavy atom. The smallest absolute Gasteiger partial charge is 0.257 e. The lowest BCUT2D eigenvalue weighted by Crippen LogP contribution is -2.22. The van der Waals surface area contributed by atoms with Crippen molar-refractivity contribution < 1.29 is 19.1 Å². The molecule has 0 fully saturated rings. The predicted molar refractivity (Wildman–Crippen MR) is 259 cm³/mol. The van der Waals surface area contributed by atoms with Crippen molar-refractivity contribution in [2.75, 3.05) is 35.0 Å². The third-order valence-electron chi connectivity index (χ3n) is 10.1. The van der Waals surface area contributed by atoms with Gasteiger partial charge >= 0.3 is 0 Å². The Labute approximate surface area is 364 Å². The molecule has 8 aromatic rings. The van der Waals surface area contributed by atoms with Gasteiger partial charge in [-0.3, -0.25) is 9.59 Å². The fourth-order valence-electron chi connectivity index (χ4n) is 7.14. The number of rotatable bonds is 15. The summed E-state index contributed by atoms with van der Waals surface area (Å²) in [5.74, 6) is 0.262. The fourth-order valence-corrected chi connectivity index (χ4v) is 11.0. The van der Waals surface area contributed by atoms with Crippen LogP contribution in [0.2, 0.25) is 0 Å². The Morgan fingerprint density at radius 1 is 0.371 bits per heavy atom. The molecule has 0 bridgehead atoms. The molecular weight excluding hydrogens is 807 g/mol. The molecule has 62 heavy (non-hydrogen) atoms. The molecule has 0 radical (unpaired) electrons. The van der Waals surface area contributed by atoms with Crippen LogP contribution in [0.1, 0.15) is 20.7 Å². The molecule has 0 spiro atoms. The van der Waals surface area contributed by atoms with Crippen LogP contribution in [0, 0.1) is 0 Å². The van der Waals surface area contributed by atoms with Gasteiger partial charge in [0.25, 0.3) is 11.8 Å². The summed E-state index contributed by atoms with van der Waals surface area (Å²) in [4.78, 5) is 29.5. The van der Waals surface area contributed by atoms with E-state index in [0.717, 1.165) is 21.2 Å². The maximum absolute atomic E-state index is 14.7. The summed E-state index contributed by atoms with van der Waals surface area (Å²) in [5.41, 5.74) is 4.10. The number of hydrogen-bond acceptors (Lipinski definition) is 6. The van der Waals surface area contributed by atoms with E-state index in [4.69, 9.17) is 9.47 Å². The summed E-state index contributed by atoms with van der Waals surface area (Å²) >= 11 is 0. The summed E-state index contributed by atoms with van der Waals surface area (Å²) in [6.07, 6.45) is 0. The minimum atomic E-state index is -1.34. The molecule has 10 heteroatoms. The van der Waals surface area contributed by atoms with E-state index >= 15 is 0 Å². The molecule has 306 valence electrons. The summed E-state index contributed by atoms with van der Waals surface area (Å²) in [6, 6.07) is 66.7. The zero-order valence-electron chi connectivity index (χ0n) is 34.2. The maximum Gasteiger partial charge on any atom is 0.257 e. The second kappa shape index (κ2) is 19.9. The van der Waals surface area contributed by atoms with E-state index in [1.807, 2.05) is 133 Å². The van der Waals surface area contributed by atoms with Gasteiger partial charge < -0.3 is 30.3 Å². The predicted octanol–water partition coefficient (Wildman–Crippen LogP) is 10.8. The molecule has 8 aromatic carbocycles. The van der Waals surface area contributed by atoms with E-state index < -0.39 is 16.1 Å². The van der Waals surface area contributed by atoms with Crippen molar-refractivity contribution in [1.29, 1.82) is 0 Å². The first-order chi connectivity index (χ1) is 30.5. The van der Waals surface area contributed by atoms with Crippen molar-refractivity contribution in [2.24, 2.45) is 0 Å². The number of methoxy groups -OCH3 is 2. The first kappa shape index (κ1) is 41.5. The van der Waals surface area contributed by atoms with Crippen LogP contribution in [-0.2, 0) is 0 Å². The van der Waals surface area contributed by atoms with Crippen molar-refractivity contribution >= 4 is 71.9 Å². The van der Waals surface area contributed by atoms with Crippen LogP contribution in [0.5, 0.6) is 11.5 Å². The van der Waals surface area contributed by atoms with Gasteiger partial charge in [-0.05, 0) is 48.5 Å². The Balaban J connectivity index is 1.43. The molecule has 0 heterocycles. The van der Waals surface area contributed by atoms with E-state index in [2.05, 4.69) is 69.3 Å². The molecule has 8 rings (SSSR count). The van der Waals surface area contributed by atoms with E-state index in [1.54, 1.807) is 38.5 Å². The van der Waals surface area contributed by atoms with Crippen molar-refractivity contribution in [2.45, 2.75) is 0 Å². The lowest BCUT2D eigenvalue weighted by atomic mass is 9.94. The van der Waals surface area contributed by atoms with Crippen molar-refractivity contribution in [3.63, 3.8) is 0 Å². The monoisotopic (exact) mass is 850 g/mol. The maximum atomic E-state index is 14.7. The van der Waals surface area contributed by atoms with Crippen LogP contribution in [0.15, 0.2) is 206 Å². The lowest BCUT2D eigenvalue weighted by molar-refractivity contribution is 0.101. The Kier molecular flexibility index (Phi) is 13.3. The number of anilines is 4. The molecule has 0 aromatic heterocycles. The number of amides is 2. The number of carbonyl (C=O) groups excluding carboxylic acids is 2. The SMILES string of the molecule is COc1ccc(C(=O)Nc2ccccc2)c(NP(c2ccccc2)c2ccccc2)c1-c1c(OC)ccc(C(=O)Nc2ccccc2)c1NP(c1ccccc1)c1ccccc1. The number of nitrogens with one attached hydrogen (secondary N) is 4. The van der Waals surface area contributed by atoms with Gasteiger partial charge in [-0.15, -0.1) is 0 Å². The Hall–Kier alpha value is -7.24. The molecule has 0 aliphatic heterocycles. The summed E-state index contributed by atoms with van der Waals surface area (Å²) in [5, 5.41) is 18.2. The number of ether oxygens (including phenoxy) is 2. The van der Waals surface area contributed by atoms with Crippen molar-refractivity contribution in [3.8, 4) is 22.6 Å². The number of benzene rings is 8. The highest BCUT2D eigenvalue weighted by molar-refractivity contribution is 7.74. The molecular formula is C52H44N4O4P2. The third kappa shape index (κ3) is 9.38. The molecule has 0 aliphatic carbocycles. The largest absolute Gasteiger partial charge is 0.496 e. The highest BCUT2D eigenvalue weighted by Crippen LogP contribution is 2.53. The number of hydrogen-bond donors (Lipinski definition) is 4. The van der Waals surface area contributed by atoms with Crippen LogP contribution in [-0.4, -0.2) is 26.0 Å². The van der Waals surface area contributed by atoms with Gasteiger partial charge in [0, 0.05) is 32.6 Å². The molecule has 2 amide bonds. The lowest BCUT2D eigenvalue weighted by Gasteiger charge is -2.29.